The van der Waals surface area contributed by atoms with Crippen LogP contribution in [0, 0.1) is 5.82 Å². The lowest BCUT2D eigenvalue weighted by Crippen LogP contribution is -2.30. The maximum atomic E-state index is 13.4. The third-order valence-electron chi connectivity index (χ3n) is 5.26. The van der Waals surface area contributed by atoms with Crippen molar-refractivity contribution in [2.75, 3.05) is 14.2 Å². The van der Waals surface area contributed by atoms with E-state index in [9.17, 15) is 9.18 Å². The number of halogens is 2. The Morgan fingerprint density at radius 1 is 0.971 bits per heavy atom. The second kappa shape index (κ2) is 10.4. The summed E-state index contributed by atoms with van der Waals surface area (Å²) in [5.41, 5.74) is 2.44. The van der Waals surface area contributed by atoms with Crippen LogP contribution >= 0.6 is 11.6 Å². The second-order valence-corrected chi connectivity index (χ2v) is 7.93. The van der Waals surface area contributed by atoms with Crippen LogP contribution in [0.15, 0.2) is 77.3 Å². The van der Waals surface area contributed by atoms with E-state index in [0.717, 1.165) is 11.1 Å². The largest absolute Gasteiger partial charge is 0.493 e. The zero-order valence-corrected chi connectivity index (χ0v) is 19.4. The first-order valence-corrected chi connectivity index (χ1v) is 10.8. The van der Waals surface area contributed by atoms with Crippen LogP contribution in [-0.2, 0) is 13.1 Å². The molecule has 0 atom stereocenters. The van der Waals surface area contributed by atoms with Gasteiger partial charge in [0.05, 0.1) is 31.4 Å². The molecule has 0 bridgehead atoms. The summed E-state index contributed by atoms with van der Waals surface area (Å²) in [5, 5.41) is 4.50. The van der Waals surface area contributed by atoms with E-state index in [-0.39, 0.29) is 24.8 Å². The fourth-order valence-electron chi connectivity index (χ4n) is 3.52. The van der Waals surface area contributed by atoms with Crippen molar-refractivity contribution in [3.05, 3.63) is 100 Å². The first kappa shape index (κ1) is 23.3. The highest BCUT2D eigenvalue weighted by atomic mass is 35.5. The van der Waals surface area contributed by atoms with Crippen LogP contribution in [0.3, 0.4) is 0 Å². The van der Waals surface area contributed by atoms with Gasteiger partial charge in [0.1, 0.15) is 11.5 Å². The van der Waals surface area contributed by atoms with Crippen LogP contribution in [0.4, 0.5) is 4.39 Å². The van der Waals surface area contributed by atoms with E-state index in [2.05, 4.69) is 5.16 Å². The van der Waals surface area contributed by atoms with Crippen LogP contribution in [0.2, 0.25) is 5.02 Å². The summed E-state index contributed by atoms with van der Waals surface area (Å²) in [6.07, 6.45) is 0. The average molecular weight is 481 g/mol. The molecule has 4 aromatic rings. The Bertz CT molecular complexity index is 1290. The minimum absolute atomic E-state index is 0.165. The molecule has 0 spiro atoms. The quantitative estimate of drug-likeness (QED) is 0.310. The number of methoxy groups -OCH3 is 2. The Labute approximate surface area is 201 Å². The number of hydrogen-bond acceptors (Lipinski definition) is 5. The first-order valence-electron chi connectivity index (χ1n) is 10.4. The van der Waals surface area contributed by atoms with Gasteiger partial charge in [0.15, 0.2) is 17.3 Å². The molecule has 1 heterocycles. The molecule has 0 fully saturated rings. The van der Waals surface area contributed by atoms with Crippen molar-refractivity contribution >= 4 is 17.5 Å². The van der Waals surface area contributed by atoms with E-state index >= 15 is 0 Å². The highest BCUT2D eigenvalue weighted by Crippen LogP contribution is 2.32. The number of amides is 1. The van der Waals surface area contributed by atoms with Gasteiger partial charge >= 0.3 is 0 Å². The molecule has 6 nitrogen and oxygen atoms in total. The molecule has 0 aliphatic carbocycles. The maximum Gasteiger partial charge on any atom is 0.256 e. The highest BCUT2D eigenvalue weighted by Gasteiger charge is 2.21. The molecule has 1 amide bonds. The molecular formula is C26H22ClFN2O4. The molecule has 0 aliphatic rings. The van der Waals surface area contributed by atoms with Crippen LogP contribution in [0.5, 0.6) is 11.5 Å². The van der Waals surface area contributed by atoms with Crippen LogP contribution < -0.4 is 9.47 Å². The minimum atomic E-state index is -0.344. The maximum absolute atomic E-state index is 13.4. The van der Waals surface area contributed by atoms with E-state index in [0.29, 0.717) is 33.5 Å². The van der Waals surface area contributed by atoms with E-state index < -0.39 is 0 Å². The van der Waals surface area contributed by atoms with E-state index in [1.165, 1.54) is 12.1 Å². The van der Waals surface area contributed by atoms with Gasteiger partial charge in [-0.2, -0.15) is 0 Å². The zero-order valence-electron chi connectivity index (χ0n) is 18.6. The Balaban J connectivity index is 1.61. The smallest absolute Gasteiger partial charge is 0.256 e. The molecule has 0 saturated carbocycles. The van der Waals surface area contributed by atoms with Crippen molar-refractivity contribution in [3.8, 4) is 22.8 Å². The summed E-state index contributed by atoms with van der Waals surface area (Å²) in [7, 11) is 3.12. The predicted molar refractivity (Wildman–Crippen MR) is 126 cm³/mol. The zero-order chi connectivity index (χ0) is 24.1. The molecule has 8 heteroatoms. The Morgan fingerprint density at radius 2 is 1.71 bits per heavy atom. The van der Waals surface area contributed by atoms with Crippen LogP contribution in [0.25, 0.3) is 11.3 Å². The second-order valence-electron chi connectivity index (χ2n) is 7.52. The molecule has 0 unspecified atom stereocenters. The van der Waals surface area contributed by atoms with Gasteiger partial charge < -0.3 is 18.9 Å². The Hall–Kier alpha value is -3.84. The summed E-state index contributed by atoms with van der Waals surface area (Å²) >= 11 is 6.27. The fourth-order valence-corrected chi connectivity index (χ4v) is 3.74. The van der Waals surface area contributed by atoms with E-state index in [1.807, 2.05) is 6.07 Å². The number of ether oxygens (including phenoxy) is 2. The first-order chi connectivity index (χ1) is 16.5. The topological polar surface area (TPSA) is 64.8 Å². The molecule has 3 aromatic carbocycles. The molecule has 4 rings (SSSR count). The third kappa shape index (κ3) is 5.21. The summed E-state index contributed by atoms with van der Waals surface area (Å²) in [4.78, 5) is 14.9. The number of nitrogens with zero attached hydrogens (tertiary/aromatic N) is 2. The average Bonchev–Trinajstić information content (AvgIpc) is 3.33. The van der Waals surface area contributed by atoms with Gasteiger partial charge in [0.2, 0.25) is 0 Å². The summed E-state index contributed by atoms with van der Waals surface area (Å²) in [6, 6.07) is 20.0. The van der Waals surface area contributed by atoms with E-state index in [4.69, 9.17) is 25.6 Å². The van der Waals surface area contributed by atoms with Gasteiger partial charge in [-0.3, -0.25) is 4.79 Å². The summed E-state index contributed by atoms with van der Waals surface area (Å²) in [6.45, 7) is 0.404. The summed E-state index contributed by atoms with van der Waals surface area (Å²) < 4.78 is 29.5. The lowest BCUT2D eigenvalue weighted by Gasteiger charge is -2.22. The number of hydrogen-bond donors (Lipinski definition) is 0. The van der Waals surface area contributed by atoms with Gasteiger partial charge in [-0.05, 0) is 48.0 Å². The standard InChI is InChI=1S/C26H22ClFN2O4/c1-32-23-12-9-18(13-25(23)33-2)24-14-20(29-34-24)16-30(15-17-7-10-19(28)11-8-17)26(31)21-5-3-4-6-22(21)27/h3-14H,15-16H2,1-2H3. The van der Waals surface area contributed by atoms with Gasteiger partial charge in [-0.25, -0.2) is 4.39 Å². The van der Waals surface area contributed by atoms with Crippen molar-refractivity contribution in [1.29, 1.82) is 0 Å². The third-order valence-corrected chi connectivity index (χ3v) is 5.59. The van der Waals surface area contributed by atoms with Crippen molar-refractivity contribution in [3.63, 3.8) is 0 Å². The number of rotatable bonds is 8. The van der Waals surface area contributed by atoms with Crippen molar-refractivity contribution in [2.45, 2.75) is 13.1 Å². The Kier molecular flexibility index (Phi) is 7.13. The van der Waals surface area contributed by atoms with Gasteiger partial charge in [0.25, 0.3) is 5.91 Å². The normalized spacial score (nSPS) is 10.7. The number of aromatic nitrogens is 1. The number of carbonyl (C=O) groups excluding carboxylic acids is 1. The lowest BCUT2D eigenvalue weighted by molar-refractivity contribution is 0.0726. The molecule has 0 N–H and O–H groups in total. The fraction of sp³-hybridized carbons (Fsp3) is 0.154. The van der Waals surface area contributed by atoms with Gasteiger partial charge in [0, 0.05) is 18.2 Å². The van der Waals surface area contributed by atoms with Crippen molar-refractivity contribution in [1.82, 2.24) is 10.1 Å². The summed E-state index contributed by atoms with van der Waals surface area (Å²) in [5.74, 6) is 1.06. The van der Waals surface area contributed by atoms with E-state index in [1.54, 1.807) is 73.7 Å². The number of benzene rings is 3. The molecule has 1 aromatic heterocycles. The predicted octanol–water partition coefficient (Wildman–Crippen LogP) is 5.99. The van der Waals surface area contributed by atoms with Crippen molar-refractivity contribution < 1.29 is 23.2 Å². The molecule has 0 radical (unpaired) electrons. The molecule has 174 valence electrons. The van der Waals surface area contributed by atoms with Crippen LogP contribution in [0.1, 0.15) is 21.6 Å². The molecule has 34 heavy (non-hydrogen) atoms. The lowest BCUT2D eigenvalue weighted by atomic mass is 10.1. The van der Waals surface area contributed by atoms with Crippen molar-refractivity contribution in [2.24, 2.45) is 0 Å². The molecular weight excluding hydrogens is 459 g/mol. The Morgan fingerprint density at radius 3 is 2.41 bits per heavy atom. The molecule has 0 saturated heterocycles. The minimum Gasteiger partial charge on any atom is -0.493 e. The van der Waals surface area contributed by atoms with Gasteiger partial charge in [-0.1, -0.05) is 41.0 Å². The monoisotopic (exact) mass is 480 g/mol. The molecule has 0 aliphatic heterocycles. The van der Waals surface area contributed by atoms with Crippen LogP contribution in [-0.4, -0.2) is 30.2 Å². The number of carbonyl (C=O) groups is 1. The highest BCUT2D eigenvalue weighted by molar-refractivity contribution is 6.33. The SMILES string of the molecule is COc1ccc(-c2cc(CN(Cc3ccc(F)cc3)C(=O)c3ccccc3Cl)no2)cc1OC. The van der Waals surface area contributed by atoms with Gasteiger partial charge in [-0.15, -0.1) is 0 Å².